The first-order valence-electron chi connectivity index (χ1n) is 16.3. The van der Waals surface area contributed by atoms with Gasteiger partial charge in [0.05, 0.1) is 6.61 Å². The fourth-order valence-electron chi connectivity index (χ4n) is 6.06. The van der Waals surface area contributed by atoms with Crippen LogP contribution in [0.15, 0.2) is 30.5 Å². The average Bonchev–Trinajstić information content (AvgIpc) is 3.40. The molecule has 4 rings (SSSR count). The number of allylic oxidation sites excluding steroid dienone is 2. The summed E-state index contributed by atoms with van der Waals surface area (Å²) < 4.78 is 12.7. The van der Waals surface area contributed by atoms with Crippen molar-refractivity contribution in [3.8, 4) is 6.07 Å². The molecule has 1 saturated heterocycles. The fourth-order valence-corrected chi connectivity index (χ4v) is 6.68. The van der Waals surface area contributed by atoms with E-state index in [1.54, 1.807) is 4.57 Å². The summed E-state index contributed by atoms with van der Waals surface area (Å²) >= 11 is 0. The second-order valence-electron chi connectivity index (χ2n) is 14.3. The Morgan fingerprint density at radius 2 is 1.87 bits per heavy atom. The molecular weight excluding hydrogens is 598 g/mol. The van der Waals surface area contributed by atoms with E-state index in [0.29, 0.717) is 18.8 Å². The molecule has 1 aromatic heterocycles. The van der Waals surface area contributed by atoms with Crippen LogP contribution in [0.1, 0.15) is 107 Å². The third-order valence-corrected chi connectivity index (χ3v) is 9.72. The van der Waals surface area contributed by atoms with E-state index in [2.05, 4.69) is 67.2 Å². The molecule has 1 aliphatic carbocycles. The van der Waals surface area contributed by atoms with Crippen molar-refractivity contribution in [1.29, 1.82) is 5.26 Å². The molecule has 1 amide bonds. The number of hydrogen-bond donors (Lipinski definition) is 1. The number of amides is 1. The van der Waals surface area contributed by atoms with E-state index in [9.17, 15) is 9.59 Å². The van der Waals surface area contributed by atoms with Gasteiger partial charge in [-0.1, -0.05) is 12.1 Å². The zero-order chi connectivity index (χ0) is 34.1. The lowest BCUT2D eigenvalue weighted by Crippen LogP contribution is -2.51. The molecule has 2 heterocycles. The number of imidazole rings is 1. The number of nitrogens with one attached hydrogen (secondary N) is 1. The molecule has 2 aromatic rings. The molecule has 2 aliphatic rings. The molecule has 46 heavy (non-hydrogen) atoms. The van der Waals surface area contributed by atoms with Gasteiger partial charge in [0.2, 0.25) is 0 Å². The third-order valence-electron chi connectivity index (χ3n) is 8.32. The normalized spacial score (nSPS) is 20.5. The summed E-state index contributed by atoms with van der Waals surface area (Å²) in [6.45, 7) is 11.0. The van der Waals surface area contributed by atoms with Crippen LogP contribution >= 0.6 is 10.0 Å². The van der Waals surface area contributed by atoms with E-state index in [-0.39, 0.29) is 36.4 Å². The lowest BCUT2D eigenvalue weighted by Gasteiger charge is -2.43. The first-order valence-corrected chi connectivity index (χ1v) is 19.4. The second-order valence-corrected chi connectivity index (χ2v) is 18.9. The number of anilines is 1. The summed E-state index contributed by atoms with van der Waals surface area (Å²) in [5.41, 5.74) is 5.23. The lowest BCUT2D eigenvalue weighted by molar-refractivity contribution is -0.00256. The topological polar surface area (TPSA) is 109 Å². The van der Waals surface area contributed by atoms with Crippen LogP contribution in [0.3, 0.4) is 0 Å². The number of nitrogens with zero attached hydrogens (tertiary/aromatic N) is 4. The second kappa shape index (κ2) is 16.5. The Hall–Kier alpha value is -3.29. The molecule has 1 N–H and O–H groups in total. The van der Waals surface area contributed by atoms with E-state index in [1.807, 2.05) is 38.8 Å². The summed E-state index contributed by atoms with van der Waals surface area (Å²) in [4.78, 5) is 29.2. The van der Waals surface area contributed by atoms with E-state index in [4.69, 9.17) is 14.7 Å². The molecular formula is C36H55N5O4S. The number of aldehydes is 1. The summed E-state index contributed by atoms with van der Waals surface area (Å²) in [5.74, 6) is 1.71. The zero-order valence-corrected chi connectivity index (χ0v) is 30.2. The quantitative estimate of drug-likeness (QED) is 0.217. The summed E-state index contributed by atoms with van der Waals surface area (Å²) in [6, 6.07) is 9.13. The van der Waals surface area contributed by atoms with Gasteiger partial charge in [0, 0.05) is 42.3 Å². The van der Waals surface area contributed by atoms with Gasteiger partial charge >= 0.3 is 6.09 Å². The maximum Gasteiger partial charge on any atom is 0.410 e. The van der Waals surface area contributed by atoms with Crippen molar-refractivity contribution in [3.63, 3.8) is 0 Å². The van der Waals surface area contributed by atoms with Crippen molar-refractivity contribution in [2.75, 3.05) is 43.5 Å². The number of hydrogen-bond acceptors (Lipinski definition) is 7. The Labute approximate surface area is 278 Å². The number of benzene rings is 1. The van der Waals surface area contributed by atoms with Gasteiger partial charge in [-0.2, -0.15) is 5.26 Å². The Kier molecular flexibility index (Phi) is 13.3. The van der Waals surface area contributed by atoms with E-state index in [1.165, 1.54) is 54.3 Å². The summed E-state index contributed by atoms with van der Waals surface area (Å²) in [7, 11) is 1.44. The van der Waals surface area contributed by atoms with Gasteiger partial charge in [-0.05, 0) is 121 Å². The van der Waals surface area contributed by atoms with Crippen molar-refractivity contribution < 1.29 is 19.1 Å². The van der Waals surface area contributed by atoms with Crippen molar-refractivity contribution in [3.05, 3.63) is 53.1 Å². The van der Waals surface area contributed by atoms with Gasteiger partial charge < -0.3 is 24.3 Å². The van der Waals surface area contributed by atoms with Crippen molar-refractivity contribution in [2.24, 2.45) is 0 Å². The molecule has 9 nitrogen and oxygen atoms in total. The Bertz CT molecular complexity index is 1390. The smallest absolute Gasteiger partial charge is 0.410 e. The molecule has 1 aromatic carbocycles. The highest BCUT2D eigenvalue weighted by atomic mass is 32.3. The highest BCUT2D eigenvalue weighted by Gasteiger charge is 2.37. The number of nitriles is 1. The third kappa shape index (κ3) is 10.9. The fraction of sp³-hybridized carbons (Fsp3) is 0.611. The van der Waals surface area contributed by atoms with Gasteiger partial charge in [-0.25, -0.2) is 19.8 Å². The van der Waals surface area contributed by atoms with Gasteiger partial charge in [0.1, 0.15) is 18.4 Å². The number of ether oxygens (including phenoxy) is 2. The van der Waals surface area contributed by atoms with Crippen LogP contribution in [0.2, 0.25) is 0 Å². The maximum absolute atomic E-state index is 12.7. The minimum absolute atomic E-state index is 0.167. The Morgan fingerprint density at radius 3 is 2.41 bits per heavy atom. The Balaban J connectivity index is 0.000000289. The first kappa shape index (κ1) is 37.2. The minimum atomic E-state index is -0.565. The summed E-state index contributed by atoms with van der Waals surface area (Å²) in [6.07, 6.45) is 17.9. The van der Waals surface area contributed by atoms with Gasteiger partial charge in [0.25, 0.3) is 0 Å². The van der Waals surface area contributed by atoms with Crippen molar-refractivity contribution >= 4 is 33.7 Å². The predicted molar refractivity (Wildman–Crippen MR) is 190 cm³/mol. The number of carbonyl (C=O) groups excluding carboxylic acids is 2. The SMILES string of the molecule is CNc1ccc(C2CC(C)N(C(=O)OC(C)(C)C)C(C)C2)cc1C1=CCCCC1.CS(C)(C)CCOCn1cc(C#N)nc1C=O. The molecule has 1 aliphatic heterocycles. The van der Waals surface area contributed by atoms with Crippen LogP contribution in [-0.4, -0.2) is 82.7 Å². The minimum Gasteiger partial charge on any atom is -0.444 e. The number of likely N-dealkylation sites (tertiary alicyclic amines) is 1. The van der Waals surface area contributed by atoms with Crippen LogP contribution in [0, 0.1) is 11.3 Å². The highest BCUT2D eigenvalue weighted by Crippen LogP contribution is 2.39. The molecule has 10 heteroatoms. The molecule has 1 fully saturated rings. The largest absolute Gasteiger partial charge is 0.444 e. The monoisotopic (exact) mass is 653 g/mol. The van der Waals surface area contributed by atoms with E-state index in [0.717, 1.165) is 18.6 Å². The van der Waals surface area contributed by atoms with Gasteiger partial charge in [-0.3, -0.25) is 4.79 Å². The van der Waals surface area contributed by atoms with Crippen LogP contribution in [0.4, 0.5) is 10.5 Å². The lowest BCUT2D eigenvalue weighted by atomic mass is 9.81. The van der Waals surface area contributed by atoms with E-state index >= 15 is 0 Å². The maximum atomic E-state index is 12.7. The van der Waals surface area contributed by atoms with Crippen molar-refractivity contribution in [2.45, 2.75) is 103 Å². The highest BCUT2D eigenvalue weighted by molar-refractivity contribution is 8.32. The molecule has 254 valence electrons. The number of rotatable bonds is 9. The number of aromatic nitrogens is 2. The van der Waals surface area contributed by atoms with Gasteiger partial charge in [0.15, 0.2) is 17.8 Å². The predicted octanol–water partition coefficient (Wildman–Crippen LogP) is 7.81. The van der Waals surface area contributed by atoms with E-state index < -0.39 is 15.6 Å². The van der Waals surface area contributed by atoms with Crippen molar-refractivity contribution in [1.82, 2.24) is 14.5 Å². The summed E-state index contributed by atoms with van der Waals surface area (Å²) in [5, 5.41) is 12.0. The molecule has 2 unspecified atom stereocenters. The zero-order valence-electron chi connectivity index (χ0n) is 29.4. The van der Waals surface area contributed by atoms with Gasteiger partial charge in [-0.15, -0.1) is 0 Å². The standard InChI is InChI=1S/C25H38N2O2.C11H17N3O2S/c1-17-14-21(15-18(2)27(17)24(28)29-25(3,4)5)20-12-13-23(26-6)22(16-20)19-10-8-7-9-11-19;1-17(2,3)5-4-16-9-14-7-10(6-12)13-11(14)8-15/h10,12-13,16-18,21,26H,7-9,11,14-15H2,1-6H3;7-8H,4-5,9H2,1-3H3. The number of piperidine rings is 1. The molecule has 0 saturated carbocycles. The van der Waals surface area contributed by atoms with Crippen LogP contribution in [0.5, 0.6) is 0 Å². The van der Waals surface area contributed by atoms with Crippen LogP contribution in [0.25, 0.3) is 5.57 Å². The number of carbonyl (C=O) groups is 2. The van der Waals surface area contributed by atoms with Crippen LogP contribution < -0.4 is 5.32 Å². The molecule has 0 radical (unpaired) electrons. The first-order chi connectivity index (χ1) is 21.7. The molecule has 0 bridgehead atoms. The van der Waals surface area contributed by atoms with Crippen LogP contribution in [-0.2, 0) is 16.2 Å². The Morgan fingerprint density at radius 1 is 1.17 bits per heavy atom. The molecule has 0 spiro atoms. The molecule has 2 atom stereocenters. The average molecular weight is 654 g/mol.